The van der Waals surface area contributed by atoms with Gasteiger partial charge in [-0.25, -0.2) is 19.6 Å². The van der Waals surface area contributed by atoms with E-state index in [-0.39, 0.29) is 11.6 Å². The number of imidazole rings is 1. The molecule has 2 rings (SSSR count). The molecule has 2 heterocycles. The van der Waals surface area contributed by atoms with E-state index >= 15 is 0 Å². The summed E-state index contributed by atoms with van der Waals surface area (Å²) in [5.74, 6) is 0.450. The zero-order valence-corrected chi connectivity index (χ0v) is 9.45. The minimum absolute atomic E-state index is 0.249. The Kier molecular flexibility index (Phi) is 3.24. The van der Waals surface area contributed by atoms with Crippen molar-refractivity contribution >= 4 is 24.5 Å². The normalized spacial score (nSPS) is 9.78. The van der Waals surface area contributed by atoms with Crippen LogP contribution in [0.2, 0.25) is 0 Å². The summed E-state index contributed by atoms with van der Waals surface area (Å²) in [7, 11) is 0. The second-order valence-corrected chi connectivity index (χ2v) is 3.21. The number of amides is 1. The predicted octanol–water partition coefficient (Wildman–Crippen LogP) is 1.03. The minimum atomic E-state index is -0.387. The molecule has 0 saturated carbocycles. The molecule has 2 aromatic heterocycles. The molecule has 0 aliphatic heterocycles. The summed E-state index contributed by atoms with van der Waals surface area (Å²) in [5, 5.41) is 6.30. The van der Waals surface area contributed by atoms with Gasteiger partial charge in [0.25, 0.3) is 5.91 Å². The van der Waals surface area contributed by atoms with Crippen LogP contribution >= 0.6 is 0 Å². The maximum atomic E-state index is 12.0. The molecular weight excluding hydrogens is 232 g/mol. The summed E-state index contributed by atoms with van der Waals surface area (Å²) in [6.07, 6.45) is 5.74. The number of anilines is 1. The van der Waals surface area contributed by atoms with Crippen LogP contribution in [0, 0.1) is 0 Å². The van der Waals surface area contributed by atoms with Gasteiger partial charge in [-0.3, -0.25) is 4.79 Å². The van der Waals surface area contributed by atoms with Gasteiger partial charge in [-0.1, -0.05) is 6.58 Å². The molecule has 0 aromatic carbocycles. The average Bonchev–Trinajstić information content (AvgIpc) is 2.82. The second kappa shape index (κ2) is 5.00. The zero-order valence-electron chi connectivity index (χ0n) is 9.45. The number of aromatic nitrogens is 4. The molecular formula is C11H10N6O. The molecule has 0 aliphatic carbocycles. The largest absolute Gasteiger partial charge is 0.305 e. The Morgan fingerprint density at radius 1 is 1.50 bits per heavy atom. The number of nitrogens with zero attached hydrogens (tertiary/aromatic N) is 5. The van der Waals surface area contributed by atoms with E-state index in [0.717, 1.165) is 0 Å². The molecule has 18 heavy (non-hydrogen) atoms. The molecule has 90 valence electrons. The van der Waals surface area contributed by atoms with Gasteiger partial charge in [0.1, 0.15) is 12.1 Å². The summed E-state index contributed by atoms with van der Waals surface area (Å²) >= 11 is 0. The van der Waals surface area contributed by atoms with E-state index in [1.165, 1.54) is 29.5 Å². The Morgan fingerprint density at radius 2 is 2.33 bits per heavy atom. The van der Waals surface area contributed by atoms with Crippen molar-refractivity contribution in [2.75, 3.05) is 5.32 Å². The van der Waals surface area contributed by atoms with Crippen molar-refractivity contribution in [3.63, 3.8) is 0 Å². The van der Waals surface area contributed by atoms with Crippen LogP contribution in [0.1, 0.15) is 16.3 Å². The third-order valence-corrected chi connectivity index (χ3v) is 2.14. The van der Waals surface area contributed by atoms with E-state index in [1.54, 1.807) is 6.07 Å². The van der Waals surface area contributed by atoms with E-state index in [2.05, 4.69) is 38.7 Å². The van der Waals surface area contributed by atoms with Gasteiger partial charge >= 0.3 is 0 Å². The van der Waals surface area contributed by atoms with Crippen molar-refractivity contribution in [3.8, 4) is 0 Å². The predicted molar refractivity (Wildman–Crippen MR) is 67.3 cm³/mol. The lowest BCUT2D eigenvalue weighted by Gasteiger charge is -2.04. The first-order chi connectivity index (χ1) is 8.76. The smallest absolute Gasteiger partial charge is 0.277 e. The van der Waals surface area contributed by atoms with Gasteiger partial charge in [0, 0.05) is 12.9 Å². The Balaban J connectivity index is 2.27. The van der Waals surface area contributed by atoms with Gasteiger partial charge in [-0.05, 0) is 12.1 Å². The highest BCUT2D eigenvalue weighted by Gasteiger charge is 2.15. The molecule has 0 bridgehead atoms. The lowest BCUT2D eigenvalue weighted by atomic mass is 10.4. The first-order valence-corrected chi connectivity index (χ1v) is 5.01. The number of carbonyl (C=O) groups is 1. The molecule has 0 radical (unpaired) electrons. The number of nitrogens with one attached hydrogen (secondary N) is 1. The number of hydrogen-bond acceptors (Lipinski definition) is 5. The van der Waals surface area contributed by atoms with E-state index < -0.39 is 0 Å². The third-order valence-electron chi connectivity index (χ3n) is 2.14. The topological polar surface area (TPSA) is 85.1 Å². The molecule has 2 aromatic rings. The lowest BCUT2D eigenvalue weighted by Crippen LogP contribution is -2.16. The molecule has 1 N–H and O–H groups in total. The monoisotopic (exact) mass is 242 g/mol. The molecule has 0 aliphatic rings. The van der Waals surface area contributed by atoms with Crippen LogP contribution in [0.3, 0.4) is 0 Å². The summed E-state index contributed by atoms with van der Waals surface area (Å²) in [6.45, 7) is 6.95. The van der Waals surface area contributed by atoms with Gasteiger partial charge in [0.2, 0.25) is 0 Å². The van der Waals surface area contributed by atoms with Gasteiger partial charge in [0.05, 0.1) is 6.20 Å². The van der Waals surface area contributed by atoms with Gasteiger partial charge in [-0.15, -0.1) is 0 Å². The first-order valence-electron chi connectivity index (χ1n) is 5.01. The quantitative estimate of drug-likeness (QED) is 0.811. The van der Waals surface area contributed by atoms with E-state index in [0.29, 0.717) is 11.6 Å². The number of rotatable bonds is 4. The Bertz CT molecular complexity index is 589. The highest BCUT2D eigenvalue weighted by molar-refractivity contribution is 6.02. The Hall–Kier alpha value is -2.83. The molecule has 0 unspecified atom stereocenters. The fourth-order valence-electron chi connectivity index (χ4n) is 1.35. The highest BCUT2D eigenvalue weighted by Crippen LogP contribution is 2.09. The molecule has 0 spiro atoms. The van der Waals surface area contributed by atoms with Crippen LogP contribution in [-0.4, -0.2) is 32.3 Å². The lowest BCUT2D eigenvalue weighted by molar-refractivity contribution is 0.101. The maximum Gasteiger partial charge on any atom is 0.277 e. The Morgan fingerprint density at radius 3 is 2.94 bits per heavy atom. The average molecular weight is 242 g/mol. The molecule has 7 nitrogen and oxygen atoms in total. The molecule has 0 saturated heterocycles. The highest BCUT2D eigenvalue weighted by atomic mass is 16.2. The summed E-state index contributed by atoms with van der Waals surface area (Å²) in [4.78, 5) is 23.6. The summed E-state index contributed by atoms with van der Waals surface area (Å²) in [5.41, 5.74) is 0.249. The number of carbonyl (C=O) groups excluding carboxylic acids is 1. The maximum absolute atomic E-state index is 12.0. The SMILES string of the molecule is C=Cc1ncc(C(=O)Nc2ccncn2)n1N=C. The van der Waals surface area contributed by atoms with Gasteiger partial charge in [0.15, 0.2) is 11.5 Å². The van der Waals surface area contributed by atoms with Crippen molar-refractivity contribution in [1.29, 1.82) is 0 Å². The summed E-state index contributed by atoms with van der Waals surface area (Å²) < 4.78 is 1.30. The number of hydrogen-bond donors (Lipinski definition) is 1. The fraction of sp³-hybridized carbons (Fsp3) is 0. The van der Waals surface area contributed by atoms with Crippen LogP contribution < -0.4 is 5.32 Å². The van der Waals surface area contributed by atoms with E-state index in [9.17, 15) is 4.79 Å². The van der Waals surface area contributed by atoms with Crippen molar-refractivity contribution < 1.29 is 4.79 Å². The van der Waals surface area contributed by atoms with Crippen molar-refractivity contribution in [3.05, 3.63) is 42.9 Å². The van der Waals surface area contributed by atoms with Crippen LogP contribution in [0.15, 0.2) is 36.5 Å². The molecule has 1 amide bonds. The first kappa shape index (κ1) is 11.6. The standard InChI is InChI=1S/C11H10N6O/c1-3-10-14-6-8(17(10)12-2)11(18)16-9-4-5-13-7-15-9/h3-7H,1-2H2,(H,13,15,16,18). The van der Waals surface area contributed by atoms with Crippen molar-refractivity contribution in [1.82, 2.24) is 19.6 Å². The van der Waals surface area contributed by atoms with Crippen LogP contribution in [-0.2, 0) is 0 Å². The molecule has 0 fully saturated rings. The Labute approximate surface area is 103 Å². The summed E-state index contributed by atoms with van der Waals surface area (Å²) in [6, 6.07) is 1.58. The van der Waals surface area contributed by atoms with Gasteiger partial charge < -0.3 is 5.32 Å². The van der Waals surface area contributed by atoms with Crippen molar-refractivity contribution in [2.45, 2.75) is 0 Å². The molecule has 7 heteroatoms. The zero-order chi connectivity index (χ0) is 13.0. The fourth-order valence-corrected chi connectivity index (χ4v) is 1.35. The van der Waals surface area contributed by atoms with Crippen LogP contribution in [0.25, 0.3) is 6.08 Å². The van der Waals surface area contributed by atoms with Crippen LogP contribution in [0.4, 0.5) is 5.82 Å². The van der Waals surface area contributed by atoms with E-state index in [1.807, 2.05) is 0 Å². The van der Waals surface area contributed by atoms with Crippen LogP contribution in [0.5, 0.6) is 0 Å². The molecule has 0 atom stereocenters. The third kappa shape index (κ3) is 2.14. The second-order valence-electron chi connectivity index (χ2n) is 3.21. The minimum Gasteiger partial charge on any atom is -0.305 e. The van der Waals surface area contributed by atoms with Gasteiger partial charge in [-0.2, -0.15) is 5.10 Å². The van der Waals surface area contributed by atoms with E-state index in [4.69, 9.17) is 0 Å². The van der Waals surface area contributed by atoms with Crippen molar-refractivity contribution in [2.24, 2.45) is 5.10 Å².